The van der Waals surface area contributed by atoms with Crippen molar-refractivity contribution in [2.24, 2.45) is 5.92 Å². The molecule has 0 aromatic heterocycles. The first-order chi connectivity index (χ1) is 8.66. The molecule has 0 saturated carbocycles. The predicted molar refractivity (Wildman–Crippen MR) is 69.1 cm³/mol. The summed E-state index contributed by atoms with van der Waals surface area (Å²) in [6, 6.07) is 4.45. The monoisotopic (exact) mass is 250 g/mol. The van der Waals surface area contributed by atoms with Crippen molar-refractivity contribution < 1.29 is 9.18 Å². The number of carbonyl (C=O) groups is 1. The molecule has 1 saturated heterocycles. The van der Waals surface area contributed by atoms with E-state index >= 15 is 0 Å². The Bertz CT molecular complexity index is 428. The van der Waals surface area contributed by atoms with Crippen molar-refractivity contribution in [3.8, 4) is 0 Å². The molecule has 3 nitrogen and oxygen atoms in total. The number of hydrogen-bond acceptors (Lipinski definition) is 2. The summed E-state index contributed by atoms with van der Waals surface area (Å²) in [6.45, 7) is 4.47. The quantitative estimate of drug-likeness (QED) is 0.856. The Balaban J connectivity index is 1.81. The van der Waals surface area contributed by atoms with Crippen LogP contribution in [0, 0.1) is 18.7 Å². The van der Waals surface area contributed by atoms with Crippen molar-refractivity contribution in [2.45, 2.75) is 19.8 Å². The lowest BCUT2D eigenvalue weighted by atomic mass is 10.1. The molecule has 1 unspecified atom stereocenters. The normalized spacial score (nSPS) is 18.9. The number of halogens is 1. The molecule has 1 fully saturated rings. The molecule has 0 aliphatic carbocycles. The molecule has 1 heterocycles. The van der Waals surface area contributed by atoms with Crippen LogP contribution in [0.15, 0.2) is 18.2 Å². The van der Waals surface area contributed by atoms with E-state index in [1.165, 1.54) is 18.6 Å². The highest BCUT2D eigenvalue weighted by Crippen LogP contribution is 2.12. The summed E-state index contributed by atoms with van der Waals surface area (Å²) < 4.78 is 13.1. The van der Waals surface area contributed by atoms with Crippen LogP contribution in [-0.2, 0) is 0 Å². The third-order valence-corrected chi connectivity index (χ3v) is 3.42. The van der Waals surface area contributed by atoms with E-state index in [2.05, 4.69) is 10.6 Å². The zero-order chi connectivity index (χ0) is 13.0. The van der Waals surface area contributed by atoms with Gasteiger partial charge in [-0.05, 0) is 62.5 Å². The fourth-order valence-corrected chi connectivity index (χ4v) is 2.24. The van der Waals surface area contributed by atoms with Crippen molar-refractivity contribution in [1.29, 1.82) is 0 Å². The first-order valence-corrected chi connectivity index (χ1v) is 6.42. The summed E-state index contributed by atoms with van der Waals surface area (Å²) in [5.74, 6) is 0.271. The van der Waals surface area contributed by atoms with Gasteiger partial charge < -0.3 is 10.6 Å². The Hall–Kier alpha value is -1.42. The van der Waals surface area contributed by atoms with Gasteiger partial charge in [0.25, 0.3) is 5.91 Å². The van der Waals surface area contributed by atoms with E-state index in [0.717, 1.165) is 19.5 Å². The van der Waals surface area contributed by atoms with Crippen molar-refractivity contribution >= 4 is 5.91 Å². The summed E-state index contributed by atoms with van der Waals surface area (Å²) in [5, 5.41) is 6.18. The van der Waals surface area contributed by atoms with E-state index in [1.807, 2.05) is 0 Å². The molecule has 0 spiro atoms. The summed E-state index contributed by atoms with van der Waals surface area (Å²) in [4.78, 5) is 11.8. The number of carbonyl (C=O) groups excluding carboxylic acids is 1. The van der Waals surface area contributed by atoms with Gasteiger partial charge in [-0.25, -0.2) is 4.39 Å². The number of rotatable bonds is 4. The van der Waals surface area contributed by atoms with Gasteiger partial charge in [0.05, 0.1) is 0 Å². The van der Waals surface area contributed by atoms with Crippen molar-refractivity contribution in [1.82, 2.24) is 10.6 Å². The van der Waals surface area contributed by atoms with E-state index in [0.29, 0.717) is 23.6 Å². The lowest BCUT2D eigenvalue weighted by molar-refractivity contribution is 0.0951. The first kappa shape index (κ1) is 13.0. The molecule has 1 aliphatic heterocycles. The molecule has 18 heavy (non-hydrogen) atoms. The molecule has 4 heteroatoms. The Morgan fingerprint density at radius 2 is 2.39 bits per heavy atom. The molecular formula is C14H19FN2O. The van der Waals surface area contributed by atoms with E-state index in [1.54, 1.807) is 13.0 Å². The lowest BCUT2D eigenvalue weighted by Gasteiger charge is -2.09. The van der Waals surface area contributed by atoms with Gasteiger partial charge in [0.15, 0.2) is 0 Å². The summed E-state index contributed by atoms with van der Waals surface area (Å²) in [6.07, 6.45) is 2.18. The SMILES string of the molecule is Cc1cc(C(=O)NCCC2CCNC2)ccc1F. The van der Waals surface area contributed by atoms with Gasteiger partial charge in [0, 0.05) is 12.1 Å². The Kier molecular flexibility index (Phi) is 4.31. The van der Waals surface area contributed by atoms with Crippen LogP contribution in [0.1, 0.15) is 28.8 Å². The molecule has 0 bridgehead atoms. The van der Waals surface area contributed by atoms with Crippen LogP contribution < -0.4 is 10.6 Å². The maximum absolute atomic E-state index is 13.1. The second kappa shape index (κ2) is 5.96. The van der Waals surface area contributed by atoms with E-state index in [-0.39, 0.29) is 11.7 Å². The van der Waals surface area contributed by atoms with E-state index in [9.17, 15) is 9.18 Å². The van der Waals surface area contributed by atoms with Crippen molar-refractivity contribution in [3.05, 3.63) is 35.1 Å². The van der Waals surface area contributed by atoms with Crippen LogP contribution in [0.25, 0.3) is 0 Å². The molecule has 98 valence electrons. The maximum Gasteiger partial charge on any atom is 0.251 e. The topological polar surface area (TPSA) is 41.1 Å². The Morgan fingerprint density at radius 3 is 3.06 bits per heavy atom. The van der Waals surface area contributed by atoms with Crippen LogP contribution >= 0.6 is 0 Å². The zero-order valence-corrected chi connectivity index (χ0v) is 10.6. The predicted octanol–water partition coefficient (Wildman–Crippen LogP) is 1.86. The van der Waals surface area contributed by atoms with Gasteiger partial charge in [-0.1, -0.05) is 0 Å². The van der Waals surface area contributed by atoms with Crippen LogP contribution in [0.5, 0.6) is 0 Å². The molecule has 2 N–H and O–H groups in total. The smallest absolute Gasteiger partial charge is 0.251 e. The van der Waals surface area contributed by atoms with Crippen LogP contribution in [0.3, 0.4) is 0 Å². The Labute approximate surface area is 107 Å². The van der Waals surface area contributed by atoms with Crippen LogP contribution in [0.2, 0.25) is 0 Å². The number of aryl methyl sites for hydroxylation is 1. The number of hydrogen-bond donors (Lipinski definition) is 2. The molecular weight excluding hydrogens is 231 g/mol. The second-order valence-electron chi connectivity index (χ2n) is 4.87. The fourth-order valence-electron chi connectivity index (χ4n) is 2.24. The van der Waals surface area contributed by atoms with Gasteiger partial charge >= 0.3 is 0 Å². The summed E-state index contributed by atoms with van der Waals surface area (Å²) in [7, 11) is 0. The van der Waals surface area contributed by atoms with Crippen LogP contribution in [0.4, 0.5) is 4.39 Å². The molecule has 1 aromatic rings. The van der Waals surface area contributed by atoms with E-state index < -0.39 is 0 Å². The molecule has 0 radical (unpaired) electrons. The molecule has 2 rings (SSSR count). The first-order valence-electron chi connectivity index (χ1n) is 6.42. The third-order valence-electron chi connectivity index (χ3n) is 3.42. The average molecular weight is 250 g/mol. The minimum Gasteiger partial charge on any atom is -0.352 e. The highest BCUT2D eigenvalue weighted by molar-refractivity contribution is 5.94. The second-order valence-corrected chi connectivity index (χ2v) is 4.87. The lowest BCUT2D eigenvalue weighted by Crippen LogP contribution is -2.26. The summed E-state index contributed by atoms with van der Waals surface area (Å²) >= 11 is 0. The number of benzene rings is 1. The summed E-state index contributed by atoms with van der Waals surface area (Å²) in [5.41, 5.74) is 1.03. The van der Waals surface area contributed by atoms with Gasteiger partial charge in [-0.2, -0.15) is 0 Å². The number of amides is 1. The maximum atomic E-state index is 13.1. The van der Waals surface area contributed by atoms with Crippen LogP contribution in [-0.4, -0.2) is 25.5 Å². The van der Waals surface area contributed by atoms with Crippen molar-refractivity contribution in [2.75, 3.05) is 19.6 Å². The van der Waals surface area contributed by atoms with E-state index in [4.69, 9.17) is 0 Å². The van der Waals surface area contributed by atoms with Gasteiger partial charge in [-0.3, -0.25) is 4.79 Å². The minimum absolute atomic E-state index is 0.121. The van der Waals surface area contributed by atoms with Gasteiger partial charge in [-0.15, -0.1) is 0 Å². The fraction of sp³-hybridized carbons (Fsp3) is 0.500. The molecule has 1 aliphatic rings. The zero-order valence-electron chi connectivity index (χ0n) is 10.6. The highest BCUT2D eigenvalue weighted by Gasteiger charge is 2.14. The molecule has 1 amide bonds. The molecule has 1 atom stereocenters. The van der Waals surface area contributed by atoms with Crippen molar-refractivity contribution in [3.63, 3.8) is 0 Å². The molecule has 1 aromatic carbocycles. The third kappa shape index (κ3) is 3.29. The largest absolute Gasteiger partial charge is 0.352 e. The van der Waals surface area contributed by atoms with Gasteiger partial charge in [0.2, 0.25) is 0 Å². The minimum atomic E-state index is -0.274. The number of nitrogens with one attached hydrogen (secondary N) is 2. The highest BCUT2D eigenvalue weighted by atomic mass is 19.1. The average Bonchev–Trinajstić information content (AvgIpc) is 2.85. The standard InChI is InChI=1S/C14H19FN2O/c1-10-8-12(2-3-13(10)15)14(18)17-7-5-11-4-6-16-9-11/h2-3,8,11,16H,4-7,9H2,1H3,(H,17,18). The van der Waals surface area contributed by atoms with Gasteiger partial charge in [0.1, 0.15) is 5.82 Å². The Morgan fingerprint density at radius 1 is 1.56 bits per heavy atom.